The Morgan fingerprint density at radius 1 is 1.12 bits per heavy atom. The number of likely N-dealkylation sites (tertiary alicyclic amines) is 1. The largest absolute Gasteiger partial charge is 0.444 e. The number of halogens is 4. The molecule has 4 aromatic rings. The van der Waals surface area contributed by atoms with Gasteiger partial charge in [0.15, 0.2) is 11.6 Å². The van der Waals surface area contributed by atoms with E-state index in [0.717, 1.165) is 36.1 Å². The van der Waals surface area contributed by atoms with E-state index in [2.05, 4.69) is 14.9 Å². The lowest BCUT2D eigenvalue weighted by molar-refractivity contribution is 0.0158. The summed E-state index contributed by atoms with van der Waals surface area (Å²) in [6.45, 7) is 7.51. The number of nitrogens with zero attached hydrogens (tertiary/aromatic N) is 4. The van der Waals surface area contributed by atoms with Crippen LogP contribution in [0.3, 0.4) is 0 Å². The fourth-order valence-corrected chi connectivity index (χ4v) is 5.65. The summed E-state index contributed by atoms with van der Waals surface area (Å²) in [5.74, 6) is -1.36. The van der Waals surface area contributed by atoms with Crippen LogP contribution in [0.25, 0.3) is 22.3 Å². The lowest BCUT2D eigenvalue weighted by atomic mass is 9.98. The second-order valence-electron chi connectivity index (χ2n) is 11.2. The highest BCUT2D eigenvalue weighted by atomic mass is 35.5. The average Bonchev–Trinajstić information content (AvgIpc) is 3.25. The molecule has 1 fully saturated rings. The van der Waals surface area contributed by atoms with E-state index in [0.29, 0.717) is 52.4 Å². The summed E-state index contributed by atoms with van der Waals surface area (Å²) >= 11 is 13.3. The van der Waals surface area contributed by atoms with Gasteiger partial charge in [0.25, 0.3) is 0 Å². The molecule has 1 aliphatic heterocycles. The third-order valence-electron chi connectivity index (χ3n) is 6.90. The van der Waals surface area contributed by atoms with Crippen molar-refractivity contribution in [3.05, 3.63) is 75.9 Å². The number of nitrogens with one attached hydrogen (secondary N) is 1. The highest BCUT2D eigenvalue weighted by Gasteiger charge is 2.29. The highest BCUT2D eigenvalue weighted by molar-refractivity contribution is 6.39. The average molecular weight is 603 g/mol. The Bertz CT molecular complexity index is 1570. The summed E-state index contributed by atoms with van der Waals surface area (Å²) < 4.78 is 34.7. The quantitative estimate of drug-likeness (QED) is 0.243. The second-order valence-corrected chi connectivity index (χ2v) is 12.1. The molecule has 41 heavy (non-hydrogen) atoms. The fraction of sp³-hybridized carbons (Fsp3) is 0.367. The first-order valence-corrected chi connectivity index (χ1v) is 14.2. The topological polar surface area (TPSA) is 72.3 Å². The van der Waals surface area contributed by atoms with Gasteiger partial charge in [0.2, 0.25) is 5.95 Å². The van der Waals surface area contributed by atoms with Crippen LogP contribution in [0.15, 0.2) is 48.7 Å². The monoisotopic (exact) mass is 601 g/mol. The van der Waals surface area contributed by atoms with Gasteiger partial charge in [-0.05, 0) is 75.4 Å². The minimum absolute atomic E-state index is 0.125. The van der Waals surface area contributed by atoms with Crippen LogP contribution in [0.2, 0.25) is 10.0 Å². The van der Waals surface area contributed by atoms with Crippen LogP contribution in [-0.2, 0) is 17.8 Å². The summed E-state index contributed by atoms with van der Waals surface area (Å²) in [7, 11) is 0. The van der Waals surface area contributed by atoms with Crippen LogP contribution < -0.4 is 5.32 Å². The number of hydrogen-bond acceptors (Lipinski definition) is 5. The van der Waals surface area contributed by atoms with Gasteiger partial charge in [-0.3, -0.25) is 0 Å². The molecule has 0 bridgehead atoms. The standard InChI is InChI=1S/C30H31Cl2F2N5O2/c1-30(2,3)41-29(40)38-11-5-6-19(16-38)17-39-25(26-21(31)7-4-8-22(26)32)13-20-15-36-28(37-27(20)39)35-14-18-9-10-23(33)24(34)12-18/h4,7-10,12-13,15,19H,5-6,11,14,16-17H2,1-3H3,(H,35,36,37). The van der Waals surface area contributed by atoms with Crippen molar-refractivity contribution in [1.29, 1.82) is 0 Å². The molecule has 3 heterocycles. The SMILES string of the molecule is CC(C)(C)OC(=O)N1CCCC(Cn2c(-c3c(Cl)cccc3Cl)cc3cnc(NCc4ccc(F)c(F)c4)nc32)C1. The van der Waals surface area contributed by atoms with Crippen molar-refractivity contribution in [2.24, 2.45) is 5.92 Å². The molecule has 5 rings (SSSR count). The highest BCUT2D eigenvalue weighted by Crippen LogP contribution is 2.38. The molecule has 1 unspecified atom stereocenters. The number of benzene rings is 2. The fourth-order valence-electron chi connectivity index (χ4n) is 5.05. The third-order valence-corrected chi connectivity index (χ3v) is 7.53. The van der Waals surface area contributed by atoms with Crippen molar-refractivity contribution in [3.8, 4) is 11.3 Å². The molecule has 0 radical (unpaired) electrons. The number of aromatic nitrogens is 3. The molecule has 0 saturated carbocycles. The maximum atomic E-state index is 13.7. The van der Waals surface area contributed by atoms with Gasteiger partial charge >= 0.3 is 6.09 Å². The Morgan fingerprint density at radius 2 is 1.88 bits per heavy atom. The van der Waals surface area contributed by atoms with E-state index in [1.165, 1.54) is 6.07 Å². The van der Waals surface area contributed by atoms with E-state index in [4.69, 9.17) is 32.9 Å². The van der Waals surface area contributed by atoms with Crippen LogP contribution in [0.5, 0.6) is 0 Å². The molecule has 7 nitrogen and oxygen atoms in total. The van der Waals surface area contributed by atoms with Gasteiger partial charge < -0.3 is 19.5 Å². The second kappa shape index (κ2) is 11.8. The van der Waals surface area contributed by atoms with Crippen molar-refractivity contribution in [3.63, 3.8) is 0 Å². The summed E-state index contributed by atoms with van der Waals surface area (Å²) in [6.07, 6.45) is 3.15. The minimum atomic E-state index is -0.913. The van der Waals surface area contributed by atoms with E-state index in [1.54, 1.807) is 29.3 Å². The Balaban J connectivity index is 1.48. The van der Waals surface area contributed by atoms with Crippen molar-refractivity contribution < 1.29 is 18.3 Å². The van der Waals surface area contributed by atoms with Gasteiger partial charge in [-0.15, -0.1) is 0 Å². The first-order valence-electron chi connectivity index (χ1n) is 13.4. The third kappa shape index (κ3) is 6.73. The number of carbonyl (C=O) groups excluding carboxylic acids is 1. The van der Waals surface area contributed by atoms with E-state index >= 15 is 0 Å². The molecule has 11 heteroatoms. The molecule has 1 amide bonds. The predicted molar refractivity (Wildman–Crippen MR) is 157 cm³/mol. The van der Waals surface area contributed by atoms with E-state index in [1.807, 2.05) is 26.8 Å². The van der Waals surface area contributed by atoms with Crippen LogP contribution in [0.4, 0.5) is 19.5 Å². The molecule has 1 N–H and O–H groups in total. The Labute approximate surface area is 247 Å². The molecule has 0 aliphatic carbocycles. The molecule has 1 saturated heterocycles. The lowest BCUT2D eigenvalue weighted by Crippen LogP contribution is -2.43. The molecule has 0 spiro atoms. The summed E-state index contributed by atoms with van der Waals surface area (Å²) in [6, 6.07) is 11.1. The maximum Gasteiger partial charge on any atom is 0.410 e. The zero-order chi connectivity index (χ0) is 29.3. The first kappa shape index (κ1) is 29.1. The van der Waals surface area contributed by atoms with Gasteiger partial charge in [0, 0.05) is 43.3 Å². The number of piperidine rings is 1. The predicted octanol–water partition coefficient (Wildman–Crippen LogP) is 7.94. The molecule has 2 aromatic carbocycles. The van der Waals surface area contributed by atoms with Gasteiger partial charge in [-0.25, -0.2) is 18.6 Å². The number of ether oxygens (including phenoxy) is 1. The summed E-state index contributed by atoms with van der Waals surface area (Å²) in [5, 5.41) is 4.90. The molecule has 216 valence electrons. The van der Waals surface area contributed by atoms with Crippen LogP contribution in [-0.4, -0.2) is 44.2 Å². The van der Waals surface area contributed by atoms with Crippen molar-refractivity contribution in [2.75, 3.05) is 18.4 Å². The van der Waals surface area contributed by atoms with Crippen LogP contribution >= 0.6 is 23.2 Å². The summed E-state index contributed by atoms with van der Waals surface area (Å²) in [5.41, 5.74) is 2.11. The lowest BCUT2D eigenvalue weighted by Gasteiger charge is -2.34. The molecule has 2 aromatic heterocycles. The van der Waals surface area contributed by atoms with Crippen LogP contribution in [0, 0.1) is 17.6 Å². The maximum absolute atomic E-state index is 13.7. The van der Waals surface area contributed by atoms with E-state index in [9.17, 15) is 13.6 Å². The Kier molecular flexibility index (Phi) is 8.38. The van der Waals surface area contributed by atoms with E-state index in [-0.39, 0.29) is 18.6 Å². The smallest absolute Gasteiger partial charge is 0.410 e. The minimum Gasteiger partial charge on any atom is -0.444 e. The molecule has 1 atom stereocenters. The number of hydrogen-bond donors (Lipinski definition) is 1. The number of anilines is 1. The van der Waals surface area contributed by atoms with Gasteiger partial charge in [-0.1, -0.05) is 35.3 Å². The molecule has 1 aliphatic rings. The number of amides is 1. The Hall–Kier alpha value is -3.43. The van der Waals surface area contributed by atoms with Crippen molar-refractivity contribution >= 4 is 46.3 Å². The Morgan fingerprint density at radius 3 is 2.59 bits per heavy atom. The molecular formula is C30H31Cl2F2N5O2. The number of carbonyl (C=O) groups is 1. The van der Waals surface area contributed by atoms with Crippen molar-refractivity contribution in [2.45, 2.75) is 52.3 Å². The zero-order valence-corrected chi connectivity index (χ0v) is 24.6. The normalized spacial score (nSPS) is 15.8. The zero-order valence-electron chi connectivity index (χ0n) is 23.1. The summed E-state index contributed by atoms with van der Waals surface area (Å²) in [4.78, 5) is 23.8. The van der Waals surface area contributed by atoms with Gasteiger partial charge in [-0.2, -0.15) is 4.98 Å². The number of rotatable bonds is 6. The van der Waals surface area contributed by atoms with Gasteiger partial charge in [0.05, 0.1) is 15.7 Å². The van der Waals surface area contributed by atoms with Crippen LogP contribution in [0.1, 0.15) is 39.2 Å². The first-order chi connectivity index (χ1) is 19.5. The molecular weight excluding hydrogens is 571 g/mol. The van der Waals surface area contributed by atoms with E-state index < -0.39 is 17.2 Å². The van der Waals surface area contributed by atoms with Crippen molar-refractivity contribution in [1.82, 2.24) is 19.4 Å². The number of fused-ring (bicyclic) bond motifs is 1. The van der Waals surface area contributed by atoms with Gasteiger partial charge in [0.1, 0.15) is 11.2 Å².